The topological polar surface area (TPSA) is 0 Å². The molecule has 0 amide bonds. The minimum atomic E-state index is -0.0181. The van der Waals surface area contributed by atoms with Crippen LogP contribution in [0.4, 0.5) is 0 Å². The maximum absolute atomic E-state index is 2.47. The van der Waals surface area contributed by atoms with Gasteiger partial charge in [0.25, 0.3) is 0 Å². The van der Waals surface area contributed by atoms with Crippen molar-refractivity contribution in [1.82, 2.24) is 0 Å². The van der Waals surface area contributed by atoms with E-state index in [1.54, 1.807) is 0 Å². The Morgan fingerprint density at radius 3 is 1.56 bits per heavy atom. The fraction of sp³-hybridized carbons (Fsp3) is 0.0667. The van der Waals surface area contributed by atoms with E-state index in [4.69, 9.17) is 0 Å². The molecule has 9 aromatic carbocycles. The van der Waals surface area contributed by atoms with Gasteiger partial charge in [0.1, 0.15) is 0 Å². The van der Waals surface area contributed by atoms with Crippen LogP contribution in [0.15, 0.2) is 146 Å². The molecule has 0 unspecified atom stereocenters. The van der Waals surface area contributed by atoms with Gasteiger partial charge < -0.3 is 0 Å². The highest BCUT2D eigenvalue weighted by Gasteiger charge is 2.35. The fourth-order valence-electron chi connectivity index (χ4n) is 8.24. The molecule has 0 spiro atoms. The van der Waals surface area contributed by atoms with Crippen molar-refractivity contribution in [3.63, 3.8) is 0 Å². The van der Waals surface area contributed by atoms with E-state index in [1.807, 2.05) is 0 Å². The first-order chi connectivity index (χ1) is 22.0. The second-order valence-electron chi connectivity index (χ2n) is 13.3. The van der Waals surface area contributed by atoms with Crippen molar-refractivity contribution in [3.8, 4) is 22.3 Å². The summed E-state index contributed by atoms with van der Waals surface area (Å²) in [6, 6.07) is 54.8. The second kappa shape index (κ2) is 8.80. The Morgan fingerprint density at radius 1 is 0.311 bits per heavy atom. The molecular formula is C45H30. The van der Waals surface area contributed by atoms with Crippen LogP contribution < -0.4 is 0 Å². The Labute approximate surface area is 262 Å². The molecule has 210 valence electrons. The van der Waals surface area contributed by atoms with E-state index in [2.05, 4.69) is 159 Å². The lowest BCUT2D eigenvalue weighted by Gasteiger charge is -2.22. The molecule has 0 saturated heterocycles. The second-order valence-corrected chi connectivity index (χ2v) is 13.3. The molecule has 1 aliphatic rings. The number of fused-ring (bicyclic) bond motifs is 13. The van der Waals surface area contributed by atoms with Crippen LogP contribution in [-0.4, -0.2) is 0 Å². The zero-order valence-electron chi connectivity index (χ0n) is 25.4. The van der Waals surface area contributed by atoms with Gasteiger partial charge in [0, 0.05) is 5.41 Å². The van der Waals surface area contributed by atoms with E-state index in [0.717, 1.165) is 0 Å². The minimum absolute atomic E-state index is 0.0181. The summed E-state index contributed by atoms with van der Waals surface area (Å²) in [5.74, 6) is 0. The molecule has 0 saturated carbocycles. The van der Waals surface area contributed by atoms with E-state index in [1.165, 1.54) is 98.0 Å². The Balaban J connectivity index is 1.17. The van der Waals surface area contributed by atoms with Gasteiger partial charge in [-0.2, -0.15) is 0 Å². The third kappa shape index (κ3) is 3.43. The predicted octanol–water partition coefficient (Wildman–Crippen LogP) is 12.6. The van der Waals surface area contributed by atoms with Crippen molar-refractivity contribution in [2.75, 3.05) is 0 Å². The molecule has 0 aromatic heterocycles. The van der Waals surface area contributed by atoms with Gasteiger partial charge in [-0.1, -0.05) is 135 Å². The SMILES string of the molecule is CC1(C)c2ccccc2-c2cc3ccc4ccc(-c5ccc6ccc7c(ccc8c9ccccc9ccc87)c6c5)cc4c3cc21. The summed E-state index contributed by atoms with van der Waals surface area (Å²) in [6.45, 7) is 4.73. The highest BCUT2D eigenvalue weighted by molar-refractivity contribution is 6.22. The summed E-state index contributed by atoms with van der Waals surface area (Å²) in [7, 11) is 0. The van der Waals surface area contributed by atoms with Gasteiger partial charge in [0.05, 0.1) is 0 Å². The molecule has 0 bridgehead atoms. The van der Waals surface area contributed by atoms with Gasteiger partial charge >= 0.3 is 0 Å². The quantitative estimate of drug-likeness (QED) is 0.172. The summed E-state index contributed by atoms with van der Waals surface area (Å²) in [5.41, 5.74) is 8.08. The summed E-state index contributed by atoms with van der Waals surface area (Å²) in [4.78, 5) is 0. The summed E-state index contributed by atoms with van der Waals surface area (Å²) in [5, 5.41) is 15.6. The maximum atomic E-state index is 2.47. The van der Waals surface area contributed by atoms with Crippen molar-refractivity contribution in [2.45, 2.75) is 19.3 Å². The van der Waals surface area contributed by atoms with Crippen molar-refractivity contribution < 1.29 is 0 Å². The number of hydrogen-bond donors (Lipinski definition) is 0. The van der Waals surface area contributed by atoms with Crippen LogP contribution in [-0.2, 0) is 5.41 Å². The van der Waals surface area contributed by atoms with E-state index in [-0.39, 0.29) is 5.41 Å². The average molecular weight is 571 g/mol. The van der Waals surface area contributed by atoms with Crippen molar-refractivity contribution >= 4 is 64.6 Å². The molecule has 1 aliphatic carbocycles. The number of hydrogen-bond acceptors (Lipinski definition) is 0. The predicted molar refractivity (Wildman–Crippen MR) is 194 cm³/mol. The smallest absolute Gasteiger partial charge is 0.0159 e. The number of benzene rings is 9. The molecule has 45 heavy (non-hydrogen) atoms. The lowest BCUT2D eigenvalue weighted by Crippen LogP contribution is -2.14. The standard InChI is InChI=1S/C45H30/c1-45(2)43-10-6-5-9-38(43)42-25-32-16-13-28-11-14-31(24-40(28)41(32)26-44(42)45)30-15-12-29-18-20-36-35-19-17-27-7-3-4-8-33(27)34(35)21-22-37(36)39(29)23-30/h3-26H,1-2H3. The first-order valence-electron chi connectivity index (χ1n) is 15.9. The van der Waals surface area contributed by atoms with Crippen LogP contribution in [0, 0.1) is 0 Å². The van der Waals surface area contributed by atoms with E-state index in [9.17, 15) is 0 Å². The molecular weight excluding hydrogens is 540 g/mol. The monoisotopic (exact) mass is 570 g/mol. The van der Waals surface area contributed by atoms with Crippen molar-refractivity contribution in [1.29, 1.82) is 0 Å². The molecule has 9 aromatic rings. The molecule has 10 rings (SSSR count). The van der Waals surface area contributed by atoms with Gasteiger partial charge in [0.15, 0.2) is 0 Å². The van der Waals surface area contributed by atoms with Gasteiger partial charge in [-0.3, -0.25) is 0 Å². The highest BCUT2D eigenvalue weighted by atomic mass is 14.4. The Kier molecular flexibility index (Phi) is 4.88. The number of rotatable bonds is 1. The average Bonchev–Trinajstić information content (AvgIpc) is 3.31. The van der Waals surface area contributed by atoms with Gasteiger partial charge in [-0.15, -0.1) is 0 Å². The van der Waals surface area contributed by atoms with E-state index in [0.29, 0.717) is 0 Å². The molecule has 0 nitrogen and oxygen atoms in total. The summed E-state index contributed by atoms with van der Waals surface area (Å²) >= 11 is 0. The summed E-state index contributed by atoms with van der Waals surface area (Å²) < 4.78 is 0. The highest BCUT2D eigenvalue weighted by Crippen LogP contribution is 2.50. The zero-order chi connectivity index (χ0) is 29.9. The van der Waals surface area contributed by atoms with Crippen LogP contribution in [0.1, 0.15) is 25.0 Å². The Hall–Kier alpha value is -5.46. The van der Waals surface area contributed by atoms with Crippen LogP contribution in [0.5, 0.6) is 0 Å². The minimum Gasteiger partial charge on any atom is -0.0619 e. The molecule has 0 radical (unpaired) electrons. The van der Waals surface area contributed by atoms with Crippen LogP contribution in [0.2, 0.25) is 0 Å². The van der Waals surface area contributed by atoms with Crippen molar-refractivity contribution in [3.05, 3.63) is 157 Å². The maximum Gasteiger partial charge on any atom is 0.0159 e. The van der Waals surface area contributed by atoms with Crippen LogP contribution in [0.3, 0.4) is 0 Å². The fourth-order valence-corrected chi connectivity index (χ4v) is 8.24. The van der Waals surface area contributed by atoms with E-state index < -0.39 is 0 Å². The third-order valence-corrected chi connectivity index (χ3v) is 10.6. The lowest BCUT2D eigenvalue weighted by molar-refractivity contribution is 0.661. The van der Waals surface area contributed by atoms with Crippen LogP contribution >= 0.6 is 0 Å². The Bertz CT molecular complexity index is 2720. The third-order valence-electron chi connectivity index (χ3n) is 10.6. The van der Waals surface area contributed by atoms with Crippen molar-refractivity contribution in [2.24, 2.45) is 0 Å². The van der Waals surface area contributed by atoms with Crippen LogP contribution in [0.25, 0.3) is 86.9 Å². The van der Waals surface area contributed by atoms with Gasteiger partial charge in [0.2, 0.25) is 0 Å². The van der Waals surface area contributed by atoms with E-state index >= 15 is 0 Å². The summed E-state index contributed by atoms with van der Waals surface area (Å²) in [6.07, 6.45) is 0. The molecule has 0 aliphatic heterocycles. The largest absolute Gasteiger partial charge is 0.0619 e. The molecule has 0 atom stereocenters. The first kappa shape index (κ1) is 24.9. The zero-order valence-corrected chi connectivity index (χ0v) is 25.4. The molecule has 0 heterocycles. The lowest BCUT2D eigenvalue weighted by atomic mass is 9.81. The molecule has 0 heteroatoms. The van der Waals surface area contributed by atoms with Gasteiger partial charge in [-0.25, -0.2) is 0 Å². The van der Waals surface area contributed by atoms with Gasteiger partial charge in [-0.05, 0) is 122 Å². The first-order valence-corrected chi connectivity index (χ1v) is 15.9. The Morgan fingerprint density at radius 2 is 0.800 bits per heavy atom. The molecule has 0 fully saturated rings. The molecule has 0 N–H and O–H groups in total. The normalized spacial score (nSPS) is 13.7.